The number of hydrogen-bond acceptors (Lipinski definition) is 5. The number of nitrogens with one attached hydrogen (secondary N) is 1. The fraction of sp³-hybridized carbons (Fsp3) is 0.294. The Morgan fingerprint density at radius 2 is 1.92 bits per heavy atom. The van der Waals surface area contributed by atoms with E-state index in [0.717, 1.165) is 6.26 Å². The monoisotopic (exact) mass is 416 g/mol. The highest BCUT2D eigenvalue weighted by molar-refractivity contribution is 7.89. The summed E-state index contributed by atoms with van der Waals surface area (Å²) in [4.78, 5) is 16.1. The predicted molar refractivity (Wildman–Crippen MR) is 102 cm³/mol. The smallest absolute Gasteiger partial charge is 0.264 e. The van der Waals surface area contributed by atoms with Gasteiger partial charge in [-0.15, -0.1) is 0 Å². The van der Waals surface area contributed by atoms with Gasteiger partial charge in [-0.2, -0.15) is 0 Å². The standard InChI is InChI=1S/C17H18Cl2N2O4S/c1-10(2)9-25-17-15(19)7-12(8-20-17)13-5-4-11(6-14(13)18)16(22)21-26(3,23)24/h4-8,10H,9H2,1-3H3,(H,21,22). The van der Waals surface area contributed by atoms with Gasteiger partial charge in [0, 0.05) is 27.9 Å². The Hall–Kier alpha value is -1.83. The molecule has 2 rings (SSSR count). The van der Waals surface area contributed by atoms with Gasteiger partial charge in [0.15, 0.2) is 0 Å². The van der Waals surface area contributed by atoms with Crippen molar-refractivity contribution in [1.82, 2.24) is 9.71 Å². The SMILES string of the molecule is CC(C)COc1ncc(-c2ccc(C(=O)NS(C)(=O)=O)cc2Cl)cc1Cl. The largest absolute Gasteiger partial charge is 0.476 e. The molecule has 0 fully saturated rings. The maximum atomic E-state index is 11.9. The van der Waals surface area contributed by atoms with Crippen LogP contribution in [0.4, 0.5) is 0 Å². The van der Waals surface area contributed by atoms with E-state index < -0.39 is 15.9 Å². The number of amides is 1. The molecule has 0 atom stereocenters. The number of carbonyl (C=O) groups excluding carboxylic acids is 1. The fourth-order valence-corrected chi connectivity index (χ4v) is 3.01. The van der Waals surface area contributed by atoms with E-state index >= 15 is 0 Å². The Labute approximate surface area is 162 Å². The van der Waals surface area contributed by atoms with Crippen LogP contribution in [0.3, 0.4) is 0 Å². The van der Waals surface area contributed by atoms with Gasteiger partial charge < -0.3 is 4.74 Å². The van der Waals surface area contributed by atoms with Crippen molar-refractivity contribution in [2.75, 3.05) is 12.9 Å². The van der Waals surface area contributed by atoms with Crippen LogP contribution in [-0.2, 0) is 10.0 Å². The number of hydrogen-bond donors (Lipinski definition) is 1. The highest BCUT2D eigenvalue weighted by Crippen LogP contribution is 2.32. The Kier molecular flexibility index (Phi) is 6.49. The number of sulfonamides is 1. The van der Waals surface area contributed by atoms with Crippen molar-refractivity contribution in [1.29, 1.82) is 0 Å². The molecule has 26 heavy (non-hydrogen) atoms. The van der Waals surface area contributed by atoms with Crippen LogP contribution in [-0.4, -0.2) is 32.2 Å². The molecule has 140 valence electrons. The molecule has 2 aromatic rings. The molecule has 1 aromatic carbocycles. The van der Waals surface area contributed by atoms with Gasteiger partial charge in [-0.1, -0.05) is 43.1 Å². The Morgan fingerprint density at radius 1 is 1.23 bits per heavy atom. The minimum Gasteiger partial charge on any atom is -0.476 e. The summed E-state index contributed by atoms with van der Waals surface area (Å²) in [6.07, 6.45) is 2.47. The van der Waals surface area contributed by atoms with Crippen molar-refractivity contribution >= 4 is 39.1 Å². The third kappa shape index (κ3) is 5.59. The van der Waals surface area contributed by atoms with Crippen LogP contribution in [0.15, 0.2) is 30.5 Å². The quantitative estimate of drug-likeness (QED) is 0.773. The lowest BCUT2D eigenvalue weighted by Crippen LogP contribution is -2.29. The van der Waals surface area contributed by atoms with Crippen LogP contribution in [0.5, 0.6) is 5.88 Å². The van der Waals surface area contributed by atoms with Crippen LogP contribution < -0.4 is 9.46 Å². The minimum absolute atomic E-state index is 0.125. The zero-order chi connectivity index (χ0) is 19.5. The summed E-state index contributed by atoms with van der Waals surface area (Å²) in [7, 11) is -3.65. The van der Waals surface area contributed by atoms with E-state index in [1.165, 1.54) is 12.1 Å². The van der Waals surface area contributed by atoms with Gasteiger partial charge in [-0.25, -0.2) is 18.1 Å². The Bertz CT molecular complexity index is 930. The minimum atomic E-state index is -3.65. The van der Waals surface area contributed by atoms with Crippen LogP contribution in [0.2, 0.25) is 10.0 Å². The van der Waals surface area contributed by atoms with E-state index in [9.17, 15) is 13.2 Å². The fourth-order valence-electron chi connectivity index (χ4n) is 2.04. The first-order valence-electron chi connectivity index (χ1n) is 7.67. The number of rotatable bonds is 6. The van der Waals surface area contributed by atoms with Gasteiger partial charge >= 0.3 is 0 Å². The molecule has 6 nitrogen and oxygen atoms in total. The zero-order valence-corrected chi connectivity index (χ0v) is 16.7. The first-order chi connectivity index (χ1) is 12.1. The second-order valence-corrected chi connectivity index (χ2v) is 8.68. The molecular weight excluding hydrogens is 399 g/mol. The lowest BCUT2D eigenvalue weighted by molar-refractivity contribution is 0.0981. The van der Waals surface area contributed by atoms with E-state index in [2.05, 4.69) is 4.98 Å². The number of pyridine rings is 1. The summed E-state index contributed by atoms with van der Waals surface area (Å²) >= 11 is 12.5. The van der Waals surface area contributed by atoms with Crippen LogP contribution in [0.1, 0.15) is 24.2 Å². The van der Waals surface area contributed by atoms with E-state index in [4.69, 9.17) is 27.9 Å². The van der Waals surface area contributed by atoms with Gasteiger partial charge in [0.05, 0.1) is 12.9 Å². The molecule has 0 radical (unpaired) electrons. The van der Waals surface area contributed by atoms with Crippen molar-refractivity contribution in [3.05, 3.63) is 46.1 Å². The molecule has 1 aromatic heterocycles. The highest BCUT2D eigenvalue weighted by Gasteiger charge is 2.15. The first kappa shape index (κ1) is 20.5. The molecule has 0 aliphatic rings. The third-order valence-electron chi connectivity index (χ3n) is 3.18. The van der Waals surface area contributed by atoms with Crippen LogP contribution in [0, 0.1) is 5.92 Å². The molecular formula is C17H18Cl2N2O4S. The number of aromatic nitrogens is 1. The van der Waals surface area contributed by atoms with Gasteiger partial charge in [0.1, 0.15) is 5.02 Å². The maximum Gasteiger partial charge on any atom is 0.264 e. The second-order valence-electron chi connectivity index (χ2n) is 6.11. The van der Waals surface area contributed by atoms with E-state index in [1.807, 2.05) is 18.6 Å². The van der Waals surface area contributed by atoms with E-state index in [-0.39, 0.29) is 10.6 Å². The number of halogens is 2. The number of ether oxygens (including phenoxy) is 1. The molecule has 0 aliphatic carbocycles. The molecule has 9 heteroatoms. The molecule has 1 N–H and O–H groups in total. The summed E-state index contributed by atoms with van der Waals surface area (Å²) in [5.74, 6) is -0.0773. The second kappa shape index (κ2) is 8.24. The zero-order valence-electron chi connectivity index (χ0n) is 14.4. The lowest BCUT2D eigenvalue weighted by atomic mass is 10.1. The summed E-state index contributed by atoms with van der Waals surface area (Å²) in [6, 6.07) is 6.12. The topological polar surface area (TPSA) is 85.4 Å². The normalized spacial score (nSPS) is 11.5. The Balaban J connectivity index is 2.27. The summed E-state index contributed by atoms with van der Waals surface area (Å²) in [5, 5.41) is 0.609. The molecule has 0 saturated carbocycles. The maximum absolute atomic E-state index is 11.9. The van der Waals surface area contributed by atoms with Gasteiger partial charge in [-0.05, 0) is 24.1 Å². The van der Waals surface area contributed by atoms with Crippen molar-refractivity contribution in [3.63, 3.8) is 0 Å². The summed E-state index contributed by atoms with van der Waals surface area (Å²) < 4.78 is 29.7. The summed E-state index contributed by atoms with van der Waals surface area (Å²) in [6.45, 7) is 4.53. The summed E-state index contributed by atoms with van der Waals surface area (Å²) in [5.41, 5.74) is 1.37. The van der Waals surface area contributed by atoms with Gasteiger partial charge in [0.25, 0.3) is 5.91 Å². The van der Waals surface area contributed by atoms with E-state index in [0.29, 0.717) is 34.6 Å². The number of nitrogens with zero attached hydrogens (tertiary/aromatic N) is 1. The van der Waals surface area contributed by atoms with Crippen molar-refractivity contribution in [3.8, 4) is 17.0 Å². The molecule has 0 saturated heterocycles. The molecule has 0 unspecified atom stereocenters. The molecule has 1 amide bonds. The average Bonchev–Trinajstić information content (AvgIpc) is 2.51. The van der Waals surface area contributed by atoms with Crippen molar-refractivity contribution in [2.24, 2.45) is 5.92 Å². The highest BCUT2D eigenvalue weighted by atomic mass is 35.5. The lowest BCUT2D eigenvalue weighted by Gasteiger charge is -2.11. The predicted octanol–water partition coefficient (Wildman–Crippen LogP) is 3.78. The van der Waals surface area contributed by atoms with Gasteiger partial charge in [0.2, 0.25) is 15.9 Å². The number of benzene rings is 1. The van der Waals surface area contributed by atoms with Crippen LogP contribution in [0.25, 0.3) is 11.1 Å². The van der Waals surface area contributed by atoms with Crippen LogP contribution >= 0.6 is 23.2 Å². The average molecular weight is 417 g/mol. The van der Waals surface area contributed by atoms with Crippen molar-refractivity contribution < 1.29 is 17.9 Å². The third-order valence-corrected chi connectivity index (χ3v) is 4.32. The van der Waals surface area contributed by atoms with E-state index in [1.54, 1.807) is 18.3 Å². The molecule has 0 spiro atoms. The van der Waals surface area contributed by atoms with Gasteiger partial charge in [-0.3, -0.25) is 4.79 Å². The first-order valence-corrected chi connectivity index (χ1v) is 10.3. The Morgan fingerprint density at radius 3 is 2.46 bits per heavy atom. The molecule has 1 heterocycles. The molecule has 0 bridgehead atoms. The number of carbonyl (C=O) groups is 1. The molecule has 0 aliphatic heterocycles. The van der Waals surface area contributed by atoms with Crippen molar-refractivity contribution in [2.45, 2.75) is 13.8 Å².